The Morgan fingerprint density at radius 1 is 1.03 bits per heavy atom. The number of imidazole rings is 1. The molecule has 8 nitrogen and oxygen atoms in total. The zero-order valence-electron chi connectivity index (χ0n) is 21.6. The van der Waals surface area contributed by atoms with E-state index in [0.29, 0.717) is 25.4 Å². The molecule has 0 bridgehead atoms. The summed E-state index contributed by atoms with van der Waals surface area (Å²) in [6.45, 7) is 5.56. The molecule has 0 aliphatic carbocycles. The smallest absolute Gasteiger partial charge is 0.274 e. The second-order valence-corrected chi connectivity index (χ2v) is 11.6. The van der Waals surface area contributed by atoms with Gasteiger partial charge in [-0.1, -0.05) is 0 Å². The van der Waals surface area contributed by atoms with Gasteiger partial charge in [0.25, 0.3) is 5.91 Å². The van der Waals surface area contributed by atoms with Crippen molar-refractivity contribution in [1.29, 1.82) is 0 Å². The van der Waals surface area contributed by atoms with Gasteiger partial charge in [-0.15, -0.1) is 0 Å². The van der Waals surface area contributed by atoms with Crippen LogP contribution in [-0.4, -0.2) is 70.1 Å². The van der Waals surface area contributed by atoms with Crippen molar-refractivity contribution in [2.45, 2.75) is 51.6 Å². The third kappa shape index (κ3) is 3.99. The standard InChI is InChI=1S/C29H32N4O4S/c1-18-16-36-24-14-20-5-6-22-26(29(35)32-9-2-4-19(7-12-32)28(34)31-10-3-11-31)30-27(21-8-13-38-17-21)33(22)23(20)15-25(24)37-18/h8,13-15,17-19H,2-7,9-12,16H2,1H3. The van der Waals surface area contributed by atoms with Crippen LogP contribution in [0.5, 0.6) is 11.5 Å². The minimum atomic E-state index is -0.0260. The molecule has 2 aromatic heterocycles. The third-order valence-electron chi connectivity index (χ3n) is 8.31. The van der Waals surface area contributed by atoms with E-state index in [0.717, 1.165) is 85.9 Å². The van der Waals surface area contributed by atoms with Gasteiger partial charge >= 0.3 is 0 Å². The van der Waals surface area contributed by atoms with Crippen molar-refractivity contribution >= 4 is 23.2 Å². The number of carbonyl (C=O) groups is 2. The van der Waals surface area contributed by atoms with Gasteiger partial charge in [0.1, 0.15) is 18.5 Å². The van der Waals surface area contributed by atoms with Crippen molar-refractivity contribution in [3.8, 4) is 28.6 Å². The Hall–Kier alpha value is -3.33. The molecule has 0 N–H and O–H groups in total. The van der Waals surface area contributed by atoms with Crippen LogP contribution < -0.4 is 9.47 Å². The second-order valence-electron chi connectivity index (χ2n) is 10.8. The summed E-state index contributed by atoms with van der Waals surface area (Å²) in [5.41, 5.74) is 4.66. The summed E-state index contributed by atoms with van der Waals surface area (Å²) in [7, 11) is 0. The van der Waals surface area contributed by atoms with Gasteiger partial charge in [0, 0.05) is 49.1 Å². The molecule has 1 aromatic carbocycles. The number of rotatable bonds is 3. The highest BCUT2D eigenvalue weighted by atomic mass is 32.1. The minimum absolute atomic E-state index is 0.0142. The number of likely N-dealkylation sites (tertiary alicyclic amines) is 2. The maximum atomic E-state index is 14.0. The zero-order valence-corrected chi connectivity index (χ0v) is 22.5. The van der Waals surface area contributed by atoms with E-state index in [1.54, 1.807) is 11.3 Å². The van der Waals surface area contributed by atoms with Crippen LogP contribution in [0.4, 0.5) is 0 Å². The van der Waals surface area contributed by atoms with Crippen LogP contribution in [0.3, 0.4) is 0 Å². The number of carbonyl (C=O) groups excluding carboxylic acids is 2. The SMILES string of the molecule is CC1COc2cc3c(cc2O1)-n1c(-c2ccsc2)nc(C(=O)N2CCCC(C(=O)N4CCC4)CC2)c1CC3. The van der Waals surface area contributed by atoms with Gasteiger partial charge < -0.3 is 19.3 Å². The molecule has 38 heavy (non-hydrogen) atoms. The molecule has 198 valence electrons. The minimum Gasteiger partial charge on any atom is -0.486 e. The van der Waals surface area contributed by atoms with Crippen LogP contribution in [0.2, 0.25) is 0 Å². The molecule has 2 fully saturated rings. The number of hydrogen-bond acceptors (Lipinski definition) is 6. The summed E-state index contributed by atoms with van der Waals surface area (Å²) in [4.78, 5) is 35.7. The highest BCUT2D eigenvalue weighted by molar-refractivity contribution is 7.08. The first kappa shape index (κ1) is 23.8. The van der Waals surface area contributed by atoms with Crippen LogP contribution in [0.15, 0.2) is 29.0 Å². The Kier molecular flexibility index (Phi) is 5.91. The third-order valence-corrected chi connectivity index (χ3v) is 8.99. The van der Waals surface area contributed by atoms with Crippen molar-refractivity contribution in [3.05, 3.63) is 45.9 Å². The largest absolute Gasteiger partial charge is 0.486 e. The first-order chi connectivity index (χ1) is 18.6. The number of aryl methyl sites for hydroxylation is 1. The summed E-state index contributed by atoms with van der Waals surface area (Å²) >= 11 is 1.62. The lowest BCUT2D eigenvalue weighted by Crippen LogP contribution is -2.45. The summed E-state index contributed by atoms with van der Waals surface area (Å²) < 4.78 is 14.2. The highest BCUT2D eigenvalue weighted by Crippen LogP contribution is 2.41. The Morgan fingerprint density at radius 2 is 1.89 bits per heavy atom. The number of ether oxygens (including phenoxy) is 2. The van der Waals surface area contributed by atoms with Crippen molar-refractivity contribution in [2.75, 3.05) is 32.8 Å². The number of benzene rings is 1. The van der Waals surface area contributed by atoms with E-state index in [2.05, 4.69) is 22.1 Å². The average molecular weight is 533 g/mol. The van der Waals surface area contributed by atoms with Gasteiger partial charge in [0.15, 0.2) is 17.2 Å². The van der Waals surface area contributed by atoms with Gasteiger partial charge in [0.05, 0.1) is 11.4 Å². The molecular weight excluding hydrogens is 500 g/mol. The number of fused-ring (bicyclic) bond motifs is 4. The number of amides is 2. The Labute approximate surface area is 226 Å². The first-order valence-electron chi connectivity index (χ1n) is 13.8. The average Bonchev–Trinajstić information content (AvgIpc) is 3.48. The fourth-order valence-corrected chi connectivity index (χ4v) is 6.74. The lowest BCUT2D eigenvalue weighted by molar-refractivity contribution is -0.139. The predicted octanol–water partition coefficient (Wildman–Crippen LogP) is 4.33. The molecule has 4 aliphatic heterocycles. The Balaban J connectivity index is 1.23. The normalized spacial score (nSPS) is 22.2. The van der Waals surface area contributed by atoms with E-state index in [1.165, 1.54) is 5.56 Å². The summed E-state index contributed by atoms with van der Waals surface area (Å²) in [6.07, 6.45) is 5.03. The molecule has 2 saturated heterocycles. The van der Waals surface area contributed by atoms with Crippen LogP contribution >= 0.6 is 11.3 Å². The molecule has 6 heterocycles. The Morgan fingerprint density at radius 3 is 2.68 bits per heavy atom. The van der Waals surface area contributed by atoms with Crippen LogP contribution in [0.25, 0.3) is 17.1 Å². The van der Waals surface area contributed by atoms with Crippen molar-refractivity contribution in [2.24, 2.45) is 5.92 Å². The second kappa shape index (κ2) is 9.45. The number of nitrogens with zero attached hydrogens (tertiary/aromatic N) is 4. The molecule has 2 atom stereocenters. The number of thiophene rings is 1. The van der Waals surface area contributed by atoms with Crippen molar-refractivity contribution in [1.82, 2.24) is 19.4 Å². The van der Waals surface area contributed by atoms with Crippen molar-refractivity contribution in [3.63, 3.8) is 0 Å². The summed E-state index contributed by atoms with van der Waals surface area (Å²) in [5.74, 6) is 2.57. The number of hydrogen-bond donors (Lipinski definition) is 0. The van der Waals surface area contributed by atoms with E-state index >= 15 is 0 Å². The maximum absolute atomic E-state index is 14.0. The quantitative estimate of drug-likeness (QED) is 0.502. The van der Waals surface area contributed by atoms with E-state index < -0.39 is 0 Å². The Bertz CT molecular complexity index is 1390. The molecule has 0 radical (unpaired) electrons. The fraction of sp³-hybridized carbons (Fsp3) is 0.483. The van der Waals surface area contributed by atoms with Crippen LogP contribution in [0, 0.1) is 5.92 Å². The first-order valence-corrected chi connectivity index (χ1v) is 14.7. The molecule has 4 aliphatic rings. The topological polar surface area (TPSA) is 76.9 Å². The van der Waals surface area contributed by atoms with Gasteiger partial charge in [-0.2, -0.15) is 11.3 Å². The molecule has 3 aromatic rings. The molecular formula is C29H32N4O4S. The molecule has 7 rings (SSSR count). The molecule has 2 amide bonds. The van der Waals surface area contributed by atoms with Gasteiger partial charge in [0.2, 0.25) is 5.91 Å². The highest BCUT2D eigenvalue weighted by Gasteiger charge is 2.35. The van der Waals surface area contributed by atoms with Crippen LogP contribution in [-0.2, 0) is 17.6 Å². The van der Waals surface area contributed by atoms with E-state index in [9.17, 15) is 9.59 Å². The zero-order chi connectivity index (χ0) is 25.8. The van der Waals surface area contributed by atoms with Crippen molar-refractivity contribution < 1.29 is 19.1 Å². The van der Waals surface area contributed by atoms with Gasteiger partial charge in [-0.3, -0.25) is 14.2 Å². The summed E-state index contributed by atoms with van der Waals surface area (Å²) in [6, 6.07) is 6.19. The van der Waals surface area contributed by atoms with Gasteiger partial charge in [-0.05, 0) is 68.5 Å². The monoisotopic (exact) mass is 532 g/mol. The molecule has 2 unspecified atom stereocenters. The molecule has 9 heteroatoms. The van der Waals surface area contributed by atoms with Crippen LogP contribution in [0.1, 0.15) is 54.4 Å². The predicted molar refractivity (Wildman–Crippen MR) is 144 cm³/mol. The molecule has 0 spiro atoms. The maximum Gasteiger partial charge on any atom is 0.274 e. The van der Waals surface area contributed by atoms with E-state index in [1.807, 2.05) is 28.2 Å². The lowest BCUT2D eigenvalue weighted by Gasteiger charge is -2.34. The fourth-order valence-electron chi connectivity index (χ4n) is 6.11. The van der Waals surface area contributed by atoms with E-state index in [4.69, 9.17) is 14.5 Å². The van der Waals surface area contributed by atoms with E-state index in [-0.39, 0.29) is 23.8 Å². The molecule has 0 saturated carbocycles. The number of aromatic nitrogens is 2. The lowest BCUT2D eigenvalue weighted by atomic mass is 9.97. The summed E-state index contributed by atoms with van der Waals surface area (Å²) in [5, 5.41) is 4.12. The van der Waals surface area contributed by atoms with Gasteiger partial charge in [-0.25, -0.2) is 4.98 Å².